The van der Waals surface area contributed by atoms with Gasteiger partial charge >= 0.3 is 0 Å². The molecule has 0 spiro atoms. The molecular weight excluding hydrogens is 102 g/mol. The zero-order valence-corrected chi connectivity index (χ0v) is 4.78. The lowest BCUT2D eigenvalue weighted by Crippen LogP contribution is -2.23. The number of rotatable bonds is 0. The Hall–Kier alpha value is -0.730. The summed E-state index contributed by atoms with van der Waals surface area (Å²) in [5.41, 5.74) is 7.05. The van der Waals surface area contributed by atoms with Crippen LogP contribution in [0.1, 0.15) is 12.8 Å². The molecule has 0 saturated carbocycles. The van der Waals surface area contributed by atoms with Crippen molar-refractivity contribution in [2.45, 2.75) is 12.8 Å². The first-order chi connectivity index (χ1) is 3.89. The lowest BCUT2D eigenvalue weighted by atomic mass is 10.3. The molecule has 0 fully saturated rings. The third-order valence-corrected chi connectivity index (χ3v) is 1.15. The molecule has 1 aliphatic rings. The summed E-state index contributed by atoms with van der Waals surface area (Å²) in [4.78, 5) is 3.90. The van der Waals surface area contributed by atoms with Crippen molar-refractivity contribution in [3.05, 3.63) is 0 Å². The van der Waals surface area contributed by atoms with Gasteiger partial charge in [-0.25, -0.2) is 0 Å². The Morgan fingerprint density at radius 3 is 3.25 bits per heavy atom. The summed E-state index contributed by atoms with van der Waals surface area (Å²) in [7, 11) is 0. The van der Waals surface area contributed by atoms with Crippen molar-refractivity contribution in [2.75, 3.05) is 13.1 Å². The van der Waals surface area contributed by atoms with Crippen LogP contribution in [0.2, 0.25) is 0 Å². The van der Waals surface area contributed by atoms with E-state index in [4.69, 9.17) is 5.73 Å². The van der Waals surface area contributed by atoms with E-state index in [2.05, 4.69) is 10.3 Å². The summed E-state index contributed by atoms with van der Waals surface area (Å²) in [5, 5.41) is 2.86. The highest BCUT2D eigenvalue weighted by Crippen LogP contribution is 1.91. The summed E-state index contributed by atoms with van der Waals surface area (Å²) in [6.07, 6.45) is 2.27. The Morgan fingerprint density at radius 1 is 1.50 bits per heavy atom. The van der Waals surface area contributed by atoms with Gasteiger partial charge in [0, 0.05) is 13.1 Å². The third kappa shape index (κ3) is 1.40. The molecule has 1 rings (SSSR count). The van der Waals surface area contributed by atoms with Crippen molar-refractivity contribution in [3.63, 3.8) is 0 Å². The zero-order chi connectivity index (χ0) is 5.82. The van der Waals surface area contributed by atoms with Crippen LogP contribution in [0.3, 0.4) is 0 Å². The third-order valence-electron chi connectivity index (χ3n) is 1.15. The Balaban J connectivity index is 2.36. The number of hydrogen-bond donors (Lipinski definition) is 1. The number of guanidine groups is 1. The maximum absolute atomic E-state index is 7.05. The van der Waals surface area contributed by atoms with Gasteiger partial charge < -0.3 is 5.32 Å². The molecule has 0 aliphatic carbocycles. The molecular formula is C5H10N3. The summed E-state index contributed by atoms with van der Waals surface area (Å²) >= 11 is 0. The summed E-state index contributed by atoms with van der Waals surface area (Å²) in [5.74, 6) is 0.350. The minimum Gasteiger partial charge on any atom is -0.355 e. The van der Waals surface area contributed by atoms with Gasteiger partial charge in [0.1, 0.15) is 0 Å². The molecule has 0 atom stereocenters. The van der Waals surface area contributed by atoms with Crippen molar-refractivity contribution < 1.29 is 0 Å². The molecule has 3 heteroatoms. The van der Waals surface area contributed by atoms with Crippen LogP contribution in [-0.4, -0.2) is 19.0 Å². The first-order valence-electron chi connectivity index (χ1n) is 2.89. The molecule has 8 heavy (non-hydrogen) atoms. The molecule has 0 aromatic heterocycles. The highest BCUT2D eigenvalue weighted by molar-refractivity contribution is 5.77. The first-order valence-corrected chi connectivity index (χ1v) is 2.89. The first kappa shape index (κ1) is 5.41. The molecule has 0 amide bonds. The van der Waals surface area contributed by atoms with Crippen molar-refractivity contribution in [1.82, 2.24) is 11.1 Å². The van der Waals surface area contributed by atoms with Gasteiger partial charge in [-0.15, -0.1) is 0 Å². The minimum absolute atomic E-state index is 0.350. The summed E-state index contributed by atoms with van der Waals surface area (Å²) in [6.45, 7) is 1.74. The van der Waals surface area contributed by atoms with E-state index in [9.17, 15) is 0 Å². The van der Waals surface area contributed by atoms with Crippen LogP contribution in [0, 0.1) is 0 Å². The second kappa shape index (κ2) is 2.55. The molecule has 2 N–H and O–H groups in total. The fourth-order valence-corrected chi connectivity index (χ4v) is 0.690. The van der Waals surface area contributed by atoms with Gasteiger partial charge in [0.2, 0.25) is 5.96 Å². The maximum atomic E-state index is 7.05. The summed E-state index contributed by atoms with van der Waals surface area (Å²) in [6, 6.07) is 0. The smallest absolute Gasteiger partial charge is 0.210 e. The van der Waals surface area contributed by atoms with Crippen LogP contribution < -0.4 is 11.1 Å². The van der Waals surface area contributed by atoms with Crippen molar-refractivity contribution in [2.24, 2.45) is 4.99 Å². The van der Waals surface area contributed by atoms with E-state index in [1.54, 1.807) is 0 Å². The summed E-state index contributed by atoms with van der Waals surface area (Å²) < 4.78 is 0. The fraction of sp³-hybridized carbons (Fsp3) is 0.800. The van der Waals surface area contributed by atoms with Gasteiger partial charge in [-0.05, 0) is 12.8 Å². The molecule has 0 saturated heterocycles. The number of nitrogens with one attached hydrogen (secondary N) is 2. The van der Waals surface area contributed by atoms with E-state index >= 15 is 0 Å². The van der Waals surface area contributed by atoms with E-state index in [1.165, 1.54) is 0 Å². The Morgan fingerprint density at radius 2 is 2.38 bits per heavy atom. The van der Waals surface area contributed by atoms with Crippen molar-refractivity contribution in [3.8, 4) is 0 Å². The molecule has 0 aromatic rings. The van der Waals surface area contributed by atoms with Gasteiger partial charge in [0.05, 0.1) is 0 Å². The van der Waals surface area contributed by atoms with E-state index in [0.717, 1.165) is 25.9 Å². The van der Waals surface area contributed by atoms with Crippen molar-refractivity contribution in [1.29, 1.82) is 0 Å². The van der Waals surface area contributed by atoms with Crippen LogP contribution in [0.25, 0.3) is 0 Å². The van der Waals surface area contributed by atoms with Crippen LogP contribution in [0.4, 0.5) is 0 Å². The standard InChI is InChI=1S/C5H10N3/c6-5-7-3-1-2-4-8-5/h6H,1-4H2,(H,7,8). The van der Waals surface area contributed by atoms with E-state index < -0.39 is 0 Å². The average Bonchev–Trinajstić information content (AvgIpc) is 1.94. The largest absolute Gasteiger partial charge is 0.355 e. The SMILES string of the molecule is [NH]C1=NCCCCN1. The average molecular weight is 112 g/mol. The Labute approximate surface area is 49.0 Å². The van der Waals surface area contributed by atoms with Gasteiger partial charge in [-0.3, -0.25) is 10.7 Å². The Bertz CT molecular complexity index is 97.8. The minimum atomic E-state index is 0.350. The highest BCUT2D eigenvalue weighted by Gasteiger charge is 1.95. The number of hydrogen-bond acceptors (Lipinski definition) is 2. The molecule has 45 valence electrons. The maximum Gasteiger partial charge on any atom is 0.210 e. The quantitative estimate of drug-likeness (QED) is 0.471. The van der Waals surface area contributed by atoms with Crippen LogP contribution in [-0.2, 0) is 0 Å². The monoisotopic (exact) mass is 112 g/mol. The predicted octanol–water partition coefficient (Wildman–Crippen LogP) is 0.00870. The van der Waals surface area contributed by atoms with Crippen LogP contribution >= 0.6 is 0 Å². The molecule has 3 nitrogen and oxygen atoms in total. The lowest BCUT2D eigenvalue weighted by molar-refractivity contribution is 0.748. The molecule has 1 radical (unpaired) electrons. The number of nitrogens with zero attached hydrogens (tertiary/aromatic N) is 1. The molecule has 0 aromatic carbocycles. The molecule has 0 unspecified atom stereocenters. The second-order valence-electron chi connectivity index (χ2n) is 1.86. The number of aliphatic imine (C=N–C) groups is 1. The van der Waals surface area contributed by atoms with Gasteiger partial charge in [0.15, 0.2) is 0 Å². The second-order valence-corrected chi connectivity index (χ2v) is 1.86. The molecule has 1 heterocycles. The van der Waals surface area contributed by atoms with Gasteiger partial charge in [-0.2, -0.15) is 0 Å². The van der Waals surface area contributed by atoms with Gasteiger partial charge in [0.25, 0.3) is 0 Å². The van der Waals surface area contributed by atoms with Crippen LogP contribution in [0.15, 0.2) is 4.99 Å². The Kier molecular flexibility index (Phi) is 1.72. The van der Waals surface area contributed by atoms with Gasteiger partial charge in [-0.1, -0.05) is 0 Å². The predicted molar refractivity (Wildman–Crippen MR) is 32.6 cm³/mol. The van der Waals surface area contributed by atoms with E-state index in [0.29, 0.717) is 5.96 Å². The van der Waals surface area contributed by atoms with E-state index in [1.807, 2.05) is 0 Å². The van der Waals surface area contributed by atoms with Crippen LogP contribution in [0.5, 0.6) is 0 Å². The van der Waals surface area contributed by atoms with E-state index in [-0.39, 0.29) is 0 Å². The normalized spacial score (nSPS) is 20.8. The topological polar surface area (TPSA) is 48.2 Å². The van der Waals surface area contributed by atoms with Crippen molar-refractivity contribution >= 4 is 5.96 Å². The highest BCUT2D eigenvalue weighted by atomic mass is 15.1. The fourth-order valence-electron chi connectivity index (χ4n) is 0.690. The molecule has 0 bridgehead atoms. The zero-order valence-electron chi connectivity index (χ0n) is 4.78. The molecule has 1 aliphatic heterocycles. The lowest BCUT2D eigenvalue weighted by Gasteiger charge is -1.95.